The Morgan fingerprint density at radius 2 is 1.89 bits per heavy atom. The standard InChI is InChI=1S/C22H27N3O3/c1-15(2)18-6-4-17(5-7-18)13-24(19-8-9-19)14-22(26)23-21-11-10-20(25(27)28)12-16(21)3/h4-7,10-12,15,19H,8-9,13-14H2,1-3H3,(H,23,26)/p+1. The van der Waals surface area contributed by atoms with Gasteiger partial charge in [-0.3, -0.25) is 14.9 Å². The highest BCUT2D eigenvalue weighted by Gasteiger charge is 2.34. The molecule has 0 radical (unpaired) electrons. The van der Waals surface area contributed by atoms with E-state index in [1.54, 1.807) is 13.0 Å². The number of nitro benzene ring substituents is 1. The Morgan fingerprint density at radius 3 is 2.43 bits per heavy atom. The number of carbonyl (C=O) groups is 1. The largest absolute Gasteiger partial charge is 0.321 e. The first-order valence-electron chi connectivity index (χ1n) is 9.82. The first-order chi connectivity index (χ1) is 13.3. The van der Waals surface area contributed by atoms with Crippen molar-refractivity contribution in [1.82, 2.24) is 0 Å². The molecule has 0 saturated heterocycles. The smallest absolute Gasteiger partial charge is 0.279 e. The van der Waals surface area contributed by atoms with E-state index in [9.17, 15) is 14.9 Å². The van der Waals surface area contributed by atoms with Crippen LogP contribution in [0.3, 0.4) is 0 Å². The summed E-state index contributed by atoms with van der Waals surface area (Å²) >= 11 is 0. The highest BCUT2D eigenvalue weighted by atomic mass is 16.6. The topological polar surface area (TPSA) is 76.7 Å². The molecule has 1 aliphatic carbocycles. The Balaban J connectivity index is 1.62. The maximum absolute atomic E-state index is 12.6. The monoisotopic (exact) mass is 382 g/mol. The second-order valence-corrected chi connectivity index (χ2v) is 7.99. The number of rotatable bonds is 8. The van der Waals surface area contributed by atoms with Crippen LogP contribution in [0.4, 0.5) is 11.4 Å². The molecule has 2 N–H and O–H groups in total. The second kappa shape index (κ2) is 8.52. The number of aryl methyl sites for hydroxylation is 1. The van der Waals surface area contributed by atoms with Gasteiger partial charge < -0.3 is 10.2 Å². The molecule has 6 heteroatoms. The van der Waals surface area contributed by atoms with Crippen molar-refractivity contribution < 1.29 is 14.6 Å². The molecule has 1 amide bonds. The molecule has 2 aromatic rings. The maximum Gasteiger partial charge on any atom is 0.279 e. The van der Waals surface area contributed by atoms with Gasteiger partial charge in [0.15, 0.2) is 6.54 Å². The number of non-ortho nitro benzene ring substituents is 1. The lowest BCUT2D eigenvalue weighted by Crippen LogP contribution is -3.13. The summed E-state index contributed by atoms with van der Waals surface area (Å²) in [6.07, 6.45) is 2.31. The fraction of sp³-hybridized carbons (Fsp3) is 0.409. The van der Waals surface area contributed by atoms with Gasteiger partial charge in [0.05, 0.1) is 11.0 Å². The summed E-state index contributed by atoms with van der Waals surface area (Å²) in [5.74, 6) is 0.453. The van der Waals surface area contributed by atoms with Gasteiger partial charge in [0.2, 0.25) is 0 Å². The Labute approximate surface area is 165 Å². The van der Waals surface area contributed by atoms with Gasteiger partial charge in [0.1, 0.15) is 6.54 Å². The fourth-order valence-electron chi connectivity index (χ4n) is 3.43. The van der Waals surface area contributed by atoms with Crippen molar-refractivity contribution in [1.29, 1.82) is 0 Å². The van der Waals surface area contributed by atoms with Crippen LogP contribution >= 0.6 is 0 Å². The van der Waals surface area contributed by atoms with Gasteiger partial charge in [-0.2, -0.15) is 0 Å². The summed E-state index contributed by atoms with van der Waals surface area (Å²) < 4.78 is 0. The number of nitrogens with one attached hydrogen (secondary N) is 2. The molecule has 148 valence electrons. The predicted molar refractivity (Wildman–Crippen MR) is 110 cm³/mol. The summed E-state index contributed by atoms with van der Waals surface area (Å²) in [7, 11) is 0. The van der Waals surface area contributed by atoms with Crippen molar-refractivity contribution in [3.05, 3.63) is 69.3 Å². The molecule has 0 aliphatic heterocycles. The molecule has 6 nitrogen and oxygen atoms in total. The van der Waals surface area contributed by atoms with E-state index in [0.717, 1.165) is 19.4 Å². The Hall–Kier alpha value is -2.73. The lowest BCUT2D eigenvalue weighted by Gasteiger charge is -2.19. The molecular formula is C22H28N3O3+. The molecule has 3 rings (SSSR count). The molecule has 1 saturated carbocycles. The summed E-state index contributed by atoms with van der Waals surface area (Å²) in [4.78, 5) is 24.3. The van der Waals surface area contributed by atoms with Crippen LogP contribution < -0.4 is 10.2 Å². The first-order valence-corrected chi connectivity index (χ1v) is 9.82. The molecule has 1 unspecified atom stereocenters. The average Bonchev–Trinajstić information content (AvgIpc) is 3.48. The molecule has 0 spiro atoms. The van der Waals surface area contributed by atoms with E-state index >= 15 is 0 Å². The van der Waals surface area contributed by atoms with Gasteiger partial charge in [0.25, 0.3) is 11.6 Å². The van der Waals surface area contributed by atoms with Crippen molar-refractivity contribution in [3.8, 4) is 0 Å². The number of amides is 1. The van der Waals surface area contributed by atoms with E-state index < -0.39 is 4.92 Å². The number of benzene rings is 2. The number of anilines is 1. The second-order valence-electron chi connectivity index (χ2n) is 7.99. The van der Waals surface area contributed by atoms with E-state index in [1.807, 2.05) is 0 Å². The average molecular weight is 382 g/mol. The highest BCUT2D eigenvalue weighted by molar-refractivity contribution is 5.92. The van der Waals surface area contributed by atoms with E-state index in [0.29, 0.717) is 29.8 Å². The van der Waals surface area contributed by atoms with Gasteiger partial charge in [-0.05, 0) is 30.0 Å². The van der Waals surface area contributed by atoms with Crippen LogP contribution in [-0.2, 0) is 11.3 Å². The minimum absolute atomic E-state index is 0.0329. The van der Waals surface area contributed by atoms with Crippen LogP contribution in [0, 0.1) is 17.0 Å². The highest BCUT2D eigenvalue weighted by Crippen LogP contribution is 2.21. The molecule has 0 bridgehead atoms. The van der Waals surface area contributed by atoms with Crippen LogP contribution in [0.2, 0.25) is 0 Å². The van der Waals surface area contributed by atoms with Crippen LogP contribution in [0.15, 0.2) is 42.5 Å². The summed E-state index contributed by atoms with van der Waals surface area (Å²) in [5, 5.41) is 13.8. The number of hydrogen-bond acceptors (Lipinski definition) is 3. The van der Waals surface area contributed by atoms with Gasteiger partial charge in [-0.1, -0.05) is 38.1 Å². The van der Waals surface area contributed by atoms with Crippen molar-refractivity contribution in [3.63, 3.8) is 0 Å². The zero-order chi connectivity index (χ0) is 20.3. The number of quaternary nitrogens is 1. The maximum atomic E-state index is 12.6. The van der Waals surface area contributed by atoms with Crippen molar-refractivity contribution in [2.75, 3.05) is 11.9 Å². The Kier molecular flexibility index (Phi) is 6.09. The van der Waals surface area contributed by atoms with Gasteiger partial charge >= 0.3 is 0 Å². The Bertz CT molecular complexity index is 858. The van der Waals surface area contributed by atoms with Crippen LogP contribution in [-0.4, -0.2) is 23.4 Å². The van der Waals surface area contributed by atoms with E-state index in [-0.39, 0.29) is 11.6 Å². The molecule has 1 fully saturated rings. The molecule has 0 heterocycles. The fourth-order valence-corrected chi connectivity index (χ4v) is 3.43. The van der Waals surface area contributed by atoms with E-state index in [1.165, 1.54) is 28.2 Å². The van der Waals surface area contributed by atoms with E-state index in [4.69, 9.17) is 0 Å². The molecule has 0 aromatic heterocycles. The molecular weight excluding hydrogens is 354 g/mol. The van der Waals surface area contributed by atoms with Crippen molar-refractivity contribution in [2.24, 2.45) is 0 Å². The lowest BCUT2D eigenvalue weighted by atomic mass is 10.0. The predicted octanol–water partition coefficient (Wildman–Crippen LogP) is 3.21. The third-order valence-electron chi connectivity index (χ3n) is 5.31. The van der Waals surface area contributed by atoms with Gasteiger partial charge in [-0.15, -0.1) is 0 Å². The zero-order valence-electron chi connectivity index (χ0n) is 16.7. The first kappa shape index (κ1) is 20.0. The molecule has 28 heavy (non-hydrogen) atoms. The molecule has 2 aromatic carbocycles. The number of hydrogen-bond donors (Lipinski definition) is 2. The van der Waals surface area contributed by atoms with Crippen molar-refractivity contribution in [2.45, 2.75) is 52.1 Å². The van der Waals surface area contributed by atoms with Crippen molar-refractivity contribution >= 4 is 17.3 Å². The third-order valence-corrected chi connectivity index (χ3v) is 5.31. The van der Waals surface area contributed by atoms with Gasteiger partial charge in [0, 0.05) is 36.2 Å². The third kappa shape index (κ3) is 5.16. The summed E-state index contributed by atoms with van der Waals surface area (Å²) in [6, 6.07) is 13.7. The zero-order valence-corrected chi connectivity index (χ0v) is 16.7. The minimum atomic E-state index is -0.428. The normalized spacial score (nSPS) is 14.7. The number of nitrogens with zero attached hydrogens (tertiary/aromatic N) is 1. The lowest BCUT2D eigenvalue weighted by molar-refractivity contribution is -0.916. The van der Waals surface area contributed by atoms with Crippen LogP contribution in [0.25, 0.3) is 0 Å². The summed E-state index contributed by atoms with van der Waals surface area (Å²) in [6.45, 7) is 7.36. The number of carbonyl (C=O) groups excluding carboxylic acids is 1. The van der Waals surface area contributed by atoms with Crippen LogP contribution in [0.1, 0.15) is 49.3 Å². The number of nitro groups is 1. The van der Waals surface area contributed by atoms with Gasteiger partial charge in [-0.25, -0.2) is 0 Å². The SMILES string of the molecule is Cc1cc([N+](=O)[O-])ccc1NC(=O)C[NH+](Cc1ccc(C(C)C)cc1)C1CC1. The van der Waals surface area contributed by atoms with E-state index in [2.05, 4.69) is 43.4 Å². The van der Waals surface area contributed by atoms with Crippen LogP contribution in [0.5, 0.6) is 0 Å². The minimum Gasteiger partial charge on any atom is -0.321 e. The Morgan fingerprint density at radius 1 is 1.21 bits per heavy atom. The molecule has 1 aliphatic rings. The molecule has 1 atom stereocenters. The summed E-state index contributed by atoms with van der Waals surface area (Å²) in [5.41, 5.74) is 3.92. The quantitative estimate of drug-likeness (QED) is 0.544.